The fourth-order valence-corrected chi connectivity index (χ4v) is 1.75. The smallest absolute Gasteiger partial charge is 0.308 e. The van der Waals surface area contributed by atoms with Gasteiger partial charge in [0.2, 0.25) is 0 Å². The number of carbonyl (C=O) groups is 2. The van der Waals surface area contributed by atoms with Crippen molar-refractivity contribution in [2.24, 2.45) is 5.41 Å². The molecule has 0 heterocycles. The normalized spacial score (nSPS) is 16.8. The van der Waals surface area contributed by atoms with E-state index in [9.17, 15) is 9.59 Å². The van der Waals surface area contributed by atoms with Gasteiger partial charge in [-0.2, -0.15) is 0 Å². The van der Waals surface area contributed by atoms with Crippen LogP contribution in [0.5, 0.6) is 0 Å². The van der Waals surface area contributed by atoms with Crippen LogP contribution in [-0.2, 0) is 23.8 Å². The molecule has 5 heteroatoms. The quantitative estimate of drug-likeness (QED) is 0.489. The van der Waals surface area contributed by atoms with Gasteiger partial charge >= 0.3 is 11.9 Å². The van der Waals surface area contributed by atoms with Gasteiger partial charge in [-0.1, -0.05) is 13.3 Å². The van der Waals surface area contributed by atoms with Crippen LogP contribution in [0.3, 0.4) is 0 Å². The van der Waals surface area contributed by atoms with Gasteiger partial charge in [0.15, 0.2) is 0 Å². The van der Waals surface area contributed by atoms with Crippen LogP contribution in [0.1, 0.15) is 39.5 Å². The highest BCUT2D eigenvalue weighted by Gasteiger charge is 2.32. The van der Waals surface area contributed by atoms with Crippen molar-refractivity contribution in [3.05, 3.63) is 0 Å². The first-order chi connectivity index (χ1) is 8.52. The summed E-state index contributed by atoms with van der Waals surface area (Å²) in [5.74, 6) is -0.553. The van der Waals surface area contributed by atoms with Crippen LogP contribution in [0.15, 0.2) is 0 Å². The molecule has 1 saturated carbocycles. The molecular formula is C13H22O5. The minimum atomic E-state index is -0.327. The summed E-state index contributed by atoms with van der Waals surface area (Å²) in [7, 11) is 0. The lowest BCUT2D eigenvalue weighted by atomic mass is 9.71. The third-order valence-electron chi connectivity index (χ3n) is 3.13. The molecule has 1 fully saturated rings. The number of rotatable bonds is 8. The van der Waals surface area contributed by atoms with E-state index >= 15 is 0 Å². The van der Waals surface area contributed by atoms with Gasteiger partial charge in [0.1, 0.15) is 6.61 Å². The van der Waals surface area contributed by atoms with E-state index in [1.165, 1.54) is 13.3 Å². The van der Waals surface area contributed by atoms with E-state index in [4.69, 9.17) is 9.47 Å². The molecule has 1 aliphatic rings. The van der Waals surface area contributed by atoms with Crippen molar-refractivity contribution in [1.29, 1.82) is 0 Å². The molecule has 0 atom stereocenters. The molecule has 0 saturated heterocycles. The molecule has 0 N–H and O–H groups in total. The fourth-order valence-electron chi connectivity index (χ4n) is 1.75. The van der Waals surface area contributed by atoms with E-state index in [0.717, 1.165) is 12.8 Å². The Kier molecular flexibility index (Phi) is 6.12. The summed E-state index contributed by atoms with van der Waals surface area (Å²) in [5, 5.41) is 0. The van der Waals surface area contributed by atoms with Crippen molar-refractivity contribution < 1.29 is 23.8 Å². The molecule has 0 aliphatic heterocycles. The van der Waals surface area contributed by atoms with Gasteiger partial charge < -0.3 is 14.2 Å². The zero-order valence-electron chi connectivity index (χ0n) is 11.2. The first kappa shape index (κ1) is 15.0. The van der Waals surface area contributed by atoms with E-state index in [1.807, 2.05) is 0 Å². The number of hydrogen-bond acceptors (Lipinski definition) is 5. The number of hydrogen-bond donors (Lipinski definition) is 0. The van der Waals surface area contributed by atoms with Crippen LogP contribution in [0, 0.1) is 5.41 Å². The molecule has 0 aromatic heterocycles. The summed E-state index contributed by atoms with van der Waals surface area (Å²) in [6.07, 6.45) is 3.75. The molecule has 0 aromatic rings. The molecule has 0 amide bonds. The average Bonchev–Trinajstić information content (AvgIpc) is 2.28. The zero-order valence-corrected chi connectivity index (χ0v) is 11.2. The number of esters is 2. The van der Waals surface area contributed by atoms with E-state index in [2.05, 4.69) is 11.7 Å². The second-order valence-electron chi connectivity index (χ2n) is 5.03. The summed E-state index contributed by atoms with van der Waals surface area (Å²) in [6, 6.07) is 0. The van der Waals surface area contributed by atoms with Crippen molar-refractivity contribution in [2.75, 3.05) is 26.4 Å². The summed E-state index contributed by atoms with van der Waals surface area (Å²) in [4.78, 5) is 21.8. The molecule has 0 radical (unpaired) electrons. The van der Waals surface area contributed by atoms with Crippen LogP contribution in [0.4, 0.5) is 0 Å². The minimum Gasteiger partial charge on any atom is -0.465 e. The SMILES string of the molecule is CC(=O)OCCOCCC(=O)OCC1(C)CCC1. The van der Waals surface area contributed by atoms with Crippen molar-refractivity contribution >= 4 is 11.9 Å². The summed E-state index contributed by atoms with van der Waals surface area (Å²) >= 11 is 0. The van der Waals surface area contributed by atoms with E-state index < -0.39 is 0 Å². The maximum atomic E-state index is 11.4. The van der Waals surface area contributed by atoms with Crippen molar-refractivity contribution in [3.8, 4) is 0 Å². The molecule has 0 aromatic carbocycles. The number of carbonyl (C=O) groups excluding carboxylic acids is 2. The van der Waals surface area contributed by atoms with Crippen LogP contribution >= 0.6 is 0 Å². The first-order valence-electron chi connectivity index (χ1n) is 6.39. The predicted octanol–water partition coefficient (Wildman–Crippen LogP) is 1.69. The van der Waals surface area contributed by atoms with Gasteiger partial charge in [0.25, 0.3) is 0 Å². The van der Waals surface area contributed by atoms with Gasteiger partial charge in [-0.05, 0) is 12.8 Å². The maximum absolute atomic E-state index is 11.4. The van der Waals surface area contributed by atoms with Crippen LogP contribution in [-0.4, -0.2) is 38.4 Å². The van der Waals surface area contributed by atoms with Crippen molar-refractivity contribution in [3.63, 3.8) is 0 Å². The van der Waals surface area contributed by atoms with E-state index in [1.54, 1.807) is 0 Å². The molecule has 0 spiro atoms. The van der Waals surface area contributed by atoms with Gasteiger partial charge in [-0.25, -0.2) is 0 Å². The summed E-state index contributed by atoms with van der Waals surface area (Å²) in [6.45, 7) is 4.83. The summed E-state index contributed by atoms with van der Waals surface area (Å²) in [5.41, 5.74) is 0.200. The topological polar surface area (TPSA) is 61.8 Å². The van der Waals surface area contributed by atoms with Gasteiger partial charge in [-0.15, -0.1) is 0 Å². The lowest BCUT2D eigenvalue weighted by Crippen LogP contribution is -2.32. The van der Waals surface area contributed by atoms with Crippen LogP contribution in [0.2, 0.25) is 0 Å². The Morgan fingerprint density at radius 1 is 1.11 bits per heavy atom. The average molecular weight is 258 g/mol. The van der Waals surface area contributed by atoms with Crippen molar-refractivity contribution in [1.82, 2.24) is 0 Å². The Morgan fingerprint density at radius 3 is 2.39 bits per heavy atom. The molecular weight excluding hydrogens is 236 g/mol. The second-order valence-corrected chi connectivity index (χ2v) is 5.03. The van der Waals surface area contributed by atoms with Crippen LogP contribution < -0.4 is 0 Å². The Balaban J connectivity index is 1.92. The van der Waals surface area contributed by atoms with E-state index in [0.29, 0.717) is 19.8 Å². The first-order valence-corrected chi connectivity index (χ1v) is 6.39. The molecule has 0 bridgehead atoms. The van der Waals surface area contributed by atoms with Gasteiger partial charge in [0.05, 0.1) is 26.2 Å². The van der Waals surface area contributed by atoms with Crippen molar-refractivity contribution in [2.45, 2.75) is 39.5 Å². The standard InChI is InChI=1S/C13H22O5/c1-11(14)17-9-8-16-7-4-12(15)18-10-13(2)5-3-6-13/h3-10H2,1-2H3. The van der Waals surface area contributed by atoms with Crippen LogP contribution in [0.25, 0.3) is 0 Å². The molecule has 0 unspecified atom stereocenters. The highest BCUT2D eigenvalue weighted by atomic mass is 16.6. The Bertz CT molecular complexity index is 283. The minimum absolute atomic E-state index is 0.200. The Morgan fingerprint density at radius 2 is 1.83 bits per heavy atom. The second kappa shape index (κ2) is 7.36. The highest BCUT2D eigenvalue weighted by molar-refractivity contribution is 5.69. The third kappa shape index (κ3) is 6.00. The van der Waals surface area contributed by atoms with E-state index in [-0.39, 0.29) is 30.4 Å². The Hall–Kier alpha value is -1.10. The highest BCUT2D eigenvalue weighted by Crippen LogP contribution is 2.40. The molecule has 1 aliphatic carbocycles. The van der Waals surface area contributed by atoms with Gasteiger partial charge in [0, 0.05) is 12.3 Å². The molecule has 1 rings (SSSR count). The zero-order chi connectivity index (χ0) is 13.4. The third-order valence-corrected chi connectivity index (χ3v) is 3.13. The maximum Gasteiger partial charge on any atom is 0.308 e. The fraction of sp³-hybridized carbons (Fsp3) is 0.846. The molecule has 18 heavy (non-hydrogen) atoms. The lowest BCUT2D eigenvalue weighted by molar-refractivity contribution is -0.151. The lowest BCUT2D eigenvalue weighted by Gasteiger charge is -2.37. The molecule has 104 valence electrons. The predicted molar refractivity (Wildman–Crippen MR) is 65.0 cm³/mol. The number of ether oxygens (including phenoxy) is 3. The Labute approximate surface area is 108 Å². The monoisotopic (exact) mass is 258 g/mol. The largest absolute Gasteiger partial charge is 0.465 e. The molecule has 5 nitrogen and oxygen atoms in total. The van der Waals surface area contributed by atoms with Gasteiger partial charge in [-0.3, -0.25) is 9.59 Å². The summed E-state index contributed by atoms with van der Waals surface area (Å²) < 4.78 is 15.0.